The second kappa shape index (κ2) is 4.51. The first-order valence-corrected chi connectivity index (χ1v) is 7.30. The van der Waals surface area contributed by atoms with Crippen LogP contribution in [0, 0.1) is 16.7 Å². The fourth-order valence-corrected chi connectivity index (χ4v) is 3.39. The number of halogens is 1. The lowest BCUT2D eigenvalue weighted by Gasteiger charge is -2.07. The van der Waals surface area contributed by atoms with E-state index in [1.54, 1.807) is 18.2 Å². The number of benzene rings is 1. The number of nitrogens with one attached hydrogen (secondary N) is 1. The molecule has 0 spiro atoms. The van der Waals surface area contributed by atoms with Gasteiger partial charge < -0.3 is 11.1 Å². The van der Waals surface area contributed by atoms with E-state index < -0.39 is 0 Å². The number of rotatable bonds is 3. The highest BCUT2D eigenvalue weighted by atomic mass is 79.9. The summed E-state index contributed by atoms with van der Waals surface area (Å²) in [6.45, 7) is 9.72. The second-order valence-electron chi connectivity index (χ2n) is 6.48. The fraction of sp³-hybridized carbons (Fsp3) is 0.533. The normalized spacial score (nSPS) is 20.1. The van der Waals surface area contributed by atoms with Gasteiger partial charge >= 0.3 is 0 Å². The van der Waals surface area contributed by atoms with Gasteiger partial charge in [0.15, 0.2) is 0 Å². The summed E-state index contributed by atoms with van der Waals surface area (Å²) in [5.41, 5.74) is 7.51. The van der Waals surface area contributed by atoms with Crippen LogP contribution >= 0.6 is 15.9 Å². The van der Waals surface area contributed by atoms with Crippen LogP contribution in [0.25, 0.3) is 0 Å². The van der Waals surface area contributed by atoms with Crippen molar-refractivity contribution in [1.29, 1.82) is 0 Å². The predicted molar refractivity (Wildman–Crippen MR) is 81.9 cm³/mol. The number of carbonyl (C=O) groups is 1. The Morgan fingerprint density at radius 3 is 2.32 bits per heavy atom. The SMILES string of the molecule is CC1(C)C(CNC(=O)c2cc(N)cc(Br)c2)C1(C)C. The Morgan fingerprint density at radius 2 is 1.84 bits per heavy atom. The molecule has 4 heteroatoms. The highest BCUT2D eigenvalue weighted by Crippen LogP contribution is 2.67. The minimum atomic E-state index is -0.0634. The van der Waals surface area contributed by atoms with Gasteiger partial charge in [-0.15, -0.1) is 0 Å². The van der Waals surface area contributed by atoms with Crippen LogP contribution < -0.4 is 11.1 Å². The maximum atomic E-state index is 12.1. The molecular formula is C15H21BrN2O. The average molecular weight is 325 g/mol. The van der Waals surface area contributed by atoms with Crippen LogP contribution in [0.4, 0.5) is 5.69 Å². The maximum Gasteiger partial charge on any atom is 0.251 e. The van der Waals surface area contributed by atoms with Crippen LogP contribution in [-0.4, -0.2) is 12.5 Å². The third-order valence-electron chi connectivity index (χ3n) is 4.97. The van der Waals surface area contributed by atoms with Gasteiger partial charge in [-0.2, -0.15) is 0 Å². The first-order valence-electron chi connectivity index (χ1n) is 6.50. The number of hydrogen-bond donors (Lipinski definition) is 2. The van der Waals surface area contributed by atoms with E-state index in [4.69, 9.17) is 5.73 Å². The van der Waals surface area contributed by atoms with Crippen LogP contribution in [-0.2, 0) is 0 Å². The lowest BCUT2D eigenvalue weighted by atomic mass is 10.0. The number of anilines is 1. The fourth-order valence-electron chi connectivity index (χ4n) is 2.88. The van der Waals surface area contributed by atoms with Gasteiger partial charge in [0.2, 0.25) is 0 Å². The molecule has 3 nitrogen and oxygen atoms in total. The van der Waals surface area contributed by atoms with Gasteiger partial charge in [0.1, 0.15) is 0 Å². The lowest BCUT2D eigenvalue weighted by molar-refractivity contribution is 0.0950. The van der Waals surface area contributed by atoms with Gasteiger partial charge in [-0.3, -0.25) is 4.79 Å². The Morgan fingerprint density at radius 1 is 1.26 bits per heavy atom. The zero-order valence-electron chi connectivity index (χ0n) is 11.9. The molecule has 104 valence electrons. The smallest absolute Gasteiger partial charge is 0.251 e. The molecule has 1 amide bonds. The molecule has 2 rings (SSSR count). The topological polar surface area (TPSA) is 55.1 Å². The van der Waals surface area contributed by atoms with E-state index in [1.165, 1.54) is 0 Å². The van der Waals surface area contributed by atoms with Crippen LogP contribution in [0.3, 0.4) is 0 Å². The summed E-state index contributed by atoms with van der Waals surface area (Å²) >= 11 is 3.35. The molecule has 1 fully saturated rings. The Kier molecular flexibility index (Phi) is 3.42. The number of nitrogen functional groups attached to an aromatic ring is 1. The minimum absolute atomic E-state index is 0.0634. The lowest BCUT2D eigenvalue weighted by Crippen LogP contribution is -2.27. The summed E-state index contributed by atoms with van der Waals surface area (Å²) < 4.78 is 0.824. The molecule has 19 heavy (non-hydrogen) atoms. The molecule has 1 aliphatic rings. The van der Waals surface area contributed by atoms with Crippen molar-refractivity contribution in [2.24, 2.45) is 16.7 Å². The van der Waals surface area contributed by atoms with Crippen molar-refractivity contribution < 1.29 is 4.79 Å². The van der Waals surface area contributed by atoms with Crippen molar-refractivity contribution in [3.05, 3.63) is 28.2 Å². The van der Waals surface area contributed by atoms with Crippen LogP contribution in [0.15, 0.2) is 22.7 Å². The molecule has 0 aliphatic heterocycles. The van der Waals surface area contributed by atoms with Gasteiger partial charge in [0.25, 0.3) is 5.91 Å². The first kappa shape index (κ1) is 14.4. The van der Waals surface area contributed by atoms with Crippen LogP contribution in [0.5, 0.6) is 0 Å². The summed E-state index contributed by atoms with van der Waals surface area (Å²) in [7, 11) is 0. The predicted octanol–water partition coefficient (Wildman–Crippen LogP) is 3.44. The first-order chi connectivity index (χ1) is 8.66. The van der Waals surface area contributed by atoms with Crippen LogP contribution in [0.1, 0.15) is 38.1 Å². The molecule has 1 aliphatic carbocycles. The second-order valence-corrected chi connectivity index (χ2v) is 7.39. The van der Waals surface area contributed by atoms with Gasteiger partial charge in [-0.05, 0) is 34.9 Å². The van der Waals surface area contributed by atoms with Crippen molar-refractivity contribution in [2.75, 3.05) is 12.3 Å². The summed E-state index contributed by atoms with van der Waals surface area (Å²) in [6, 6.07) is 5.27. The summed E-state index contributed by atoms with van der Waals surface area (Å²) in [5, 5.41) is 3.01. The molecule has 0 heterocycles. The van der Waals surface area contributed by atoms with Gasteiger partial charge in [-0.1, -0.05) is 43.6 Å². The Labute approximate surface area is 123 Å². The molecule has 3 N–H and O–H groups in total. The van der Waals surface area contributed by atoms with E-state index in [0.717, 1.165) is 4.47 Å². The van der Waals surface area contributed by atoms with E-state index in [-0.39, 0.29) is 16.7 Å². The average Bonchev–Trinajstić information content (AvgIpc) is 2.65. The Hall–Kier alpha value is -1.03. The van der Waals surface area contributed by atoms with Crippen molar-refractivity contribution in [1.82, 2.24) is 5.32 Å². The Bertz CT molecular complexity index is 489. The highest BCUT2D eigenvalue weighted by molar-refractivity contribution is 9.10. The molecule has 0 unspecified atom stereocenters. The van der Waals surface area contributed by atoms with Crippen molar-refractivity contribution in [2.45, 2.75) is 27.7 Å². The number of carbonyl (C=O) groups excluding carboxylic acids is 1. The summed E-state index contributed by atoms with van der Waals surface area (Å²) in [5.74, 6) is 0.458. The molecule has 0 atom stereocenters. The van der Waals surface area contributed by atoms with E-state index >= 15 is 0 Å². The number of amides is 1. The molecular weight excluding hydrogens is 304 g/mol. The maximum absolute atomic E-state index is 12.1. The third kappa shape index (κ3) is 2.50. The minimum Gasteiger partial charge on any atom is -0.399 e. The van der Waals surface area contributed by atoms with E-state index in [9.17, 15) is 4.79 Å². The zero-order valence-corrected chi connectivity index (χ0v) is 13.5. The van der Waals surface area contributed by atoms with E-state index in [1.807, 2.05) is 0 Å². The van der Waals surface area contributed by atoms with E-state index in [0.29, 0.717) is 23.7 Å². The zero-order chi connectivity index (χ0) is 14.4. The molecule has 0 aromatic heterocycles. The Balaban J connectivity index is 2.00. The number of nitrogens with two attached hydrogens (primary N) is 1. The van der Waals surface area contributed by atoms with Crippen LogP contribution in [0.2, 0.25) is 0 Å². The summed E-state index contributed by atoms with van der Waals surface area (Å²) in [4.78, 5) is 12.1. The standard InChI is InChI=1S/C15H21BrN2O/c1-14(2)12(15(14,3)4)8-18-13(19)9-5-10(16)7-11(17)6-9/h5-7,12H,8,17H2,1-4H3,(H,18,19). The molecule has 0 radical (unpaired) electrons. The van der Waals surface area contributed by atoms with Gasteiger partial charge in [0.05, 0.1) is 0 Å². The largest absolute Gasteiger partial charge is 0.399 e. The number of hydrogen-bond acceptors (Lipinski definition) is 2. The molecule has 0 bridgehead atoms. The van der Waals surface area contributed by atoms with Gasteiger partial charge in [-0.25, -0.2) is 0 Å². The van der Waals surface area contributed by atoms with Crippen molar-refractivity contribution >= 4 is 27.5 Å². The molecule has 1 saturated carbocycles. The summed E-state index contributed by atoms with van der Waals surface area (Å²) in [6.07, 6.45) is 0. The quantitative estimate of drug-likeness (QED) is 0.837. The molecule has 1 aromatic rings. The monoisotopic (exact) mass is 324 g/mol. The van der Waals surface area contributed by atoms with E-state index in [2.05, 4.69) is 48.9 Å². The molecule has 1 aromatic carbocycles. The van der Waals surface area contributed by atoms with Crippen molar-refractivity contribution in [3.8, 4) is 0 Å². The van der Waals surface area contributed by atoms with Gasteiger partial charge in [0, 0.05) is 22.3 Å². The highest BCUT2D eigenvalue weighted by Gasteiger charge is 2.64. The third-order valence-corrected chi connectivity index (χ3v) is 5.43. The van der Waals surface area contributed by atoms with Crippen molar-refractivity contribution in [3.63, 3.8) is 0 Å². The molecule has 0 saturated heterocycles.